The van der Waals surface area contributed by atoms with Crippen molar-refractivity contribution in [1.29, 1.82) is 0 Å². The van der Waals surface area contributed by atoms with Crippen LogP contribution in [0.5, 0.6) is 0 Å². The van der Waals surface area contributed by atoms with Crippen molar-refractivity contribution >= 4 is 34.9 Å². The quantitative estimate of drug-likeness (QED) is 0.822. The van der Waals surface area contributed by atoms with Crippen molar-refractivity contribution in [2.24, 2.45) is 0 Å². The number of hydrogen-bond acceptors (Lipinski definition) is 2. The van der Waals surface area contributed by atoms with Crippen LogP contribution in [0, 0.1) is 6.92 Å². The van der Waals surface area contributed by atoms with E-state index in [1.54, 1.807) is 17.4 Å². The highest BCUT2D eigenvalue weighted by atomic mass is 35.5. The van der Waals surface area contributed by atoms with Crippen molar-refractivity contribution in [3.63, 3.8) is 0 Å². The molecule has 1 N–H and O–H groups in total. The lowest BCUT2D eigenvalue weighted by Gasteiger charge is -2.13. The summed E-state index contributed by atoms with van der Waals surface area (Å²) in [6.45, 7) is 3.98. The summed E-state index contributed by atoms with van der Waals surface area (Å²) in [5, 5.41) is 3.59. The van der Waals surface area contributed by atoms with Crippen molar-refractivity contribution < 1.29 is 4.79 Å². The van der Waals surface area contributed by atoms with Gasteiger partial charge in [0.05, 0.1) is 6.04 Å². The Hall–Kier alpha value is -1.58. The molecular weight excluding hydrogens is 290 g/mol. The van der Waals surface area contributed by atoms with Crippen LogP contribution in [-0.2, 0) is 4.79 Å². The molecule has 1 amide bonds. The number of benzene rings is 1. The van der Waals surface area contributed by atoms with Gasteiger partial charge in [-0.2, -0.15) is 0 Å². The highest BCUT2D eigenvalue weighted by molar-refractivity contribution is 7.12. The van der Waals surface area contributed by atoms with E-state index in [2.05, 4.69) is 5.32 Å². The number of halogens is 1. The SMILES string of the molecule is Cc1ccc(/C=C/C(=O)N[C@H](C)c2cccc(Cl)c2)s1. The van der Waals surface area contributed by atoms with Crippen molar-refractivity contribution in [1.82, 2.24) is 5.32 Å². The molecule has 1 aromatic carbocycles. The third-order valence-corrected chi connectivity index (χ3v) is 4.07. The third-order valence-electron chi connectivity index (χ3n) is 2.87. The maximum absolute atomic E-state index is 11.9. The molecular formula is C16H16ClNOS. The Morgan fingerprint density at radius 3 is 2.80 bits per heavy atom. The summed E-state index contributed by atoms with van der Waals surface area (Å²) in [4.78, 5) is 14.2. The molecule has 0 spiro atoms. The average molecular weight is 306 g/mol. The molecule has 0 aliphatic heterocycles. The van der Waals surface area contributed by atoms with E-state index in [9.17, 15) is 4.79 Å². The van der Waals surface area contributed by atoms with Crippen LogP contribution in [0.15, 0.2) is 42.5 Å². The Labute approximate surface area is 128 Å². The normalized spacial score (nSPS) is 12.6. The molecule has 2 aromatic rings. The molecule has 0 aliphatic rings. The Morgan fingerprint density at radius 2 is 2.15 bits per heavy atom. The molecule has 0 saturated carbocycles. The van der Waals surface area contributed by atoms with Gasteiger partial charge in [-0.05, 0) is 49.8 Å². The van der Waals surface area contributed by atoms with Crippen LogP contribution in [0.25, 0.3) is 6.08 Å². The van der Waals surface area contributed by atoms with E-state index in [4.69, 9.17) is 11.6 Å². The fourth-order valence-corrected chi connectivity index (χ4v) is 2.80. The summed E-state index contributed by atoms with van der Waals surface area (Å²) in [6, 6.07) is 11.5. The number of carbonyl (C=O) groups is 1. The molecule has 4 heteroatoms. The summed E-state index contributed by atoms with van der Waals surface area (Å²) in [7, 11) is 0. The van der Waals surface area contributed by atoms with Gasteiger partial charge in [-0.1, -0.05) is 23.7 Å². The first-order valence-corrected chi connectivity index (χ1v) is 7.54. The van der Waals surface area contributed by atoms with Crippen LogP contribution < -0.4 is 5.32 Å². The lowest BCUT2D eigenvalue weighted by Crippen LogP contribution is -2.24. The van der Waals surface area contributed by atoms with Crippen molar-refractivity contribution in [2.75, 3.05) is 0 Å². The highest BCUT2D eigenvalue weighted by Gasteiger charge is 2.07. The fourth-order valence-electron chi connectivity index (χ4n) is 1.82. The van der Waals surface area contributed by atoms with Crippen LogP contribution in [0.1, 0.15) is 28.3 Å². The van der Waals surface area contributed by atoms with Crippen LogP contribution >= 0.6 is 22.9 Å². The van der Waals surface area contributed by atoms with E-state index in [1.165, 1.54) is 4.88 Å². The van der Waals surface area contributed by atoms with Gasteiger partial charge in [0.2, 0.25) is 5.91 Å². The van der Waals surface area contributed by atoms with Crippen molar-refractivity contribution in [3.05, 3.63) is 62.8 Å². The van der Waals surface area contributed by atoms with Gasteiger partial charge in [-0.15, -0.1) is 11.3 Å². The van der Waals surface area contributed by atoms with Crippen LogP contribution in [-0.4, -0.2) is 5.91 Å². The summed E-state index contributed by atoms with van der Waals surface area (Å²) in [6.07, 6.45) is 3.39. The number of carbonyl (C=O) groups excluding carboxylic acids is 1. The number of thiophene rings is 1. The van der Waals surface area contributed by atoms with E-state index in [1.807, 2.05) is 56.3 Å². The van der Waals surface area contributed by atoms with E-state index >= 15 is 0 Å². The predicted octanol–water partition coefficient (Wildman–Crippen LogP) is 4.60. The average Bonchev–Trinajstić information content (AvgIpc) is 2.82. The van der Waals surface area contributed by atoms with Gasteiger partial charge in [0.25, 0.3) is 0 Å². The van der Waals surface area contributed by atoms with Gasteiger partial charge >= 0.3 is 0 Å². The third kappa shape index (κ3) is 4.22. The van der Waals surface area contributed by atoms with Gasteiger partial charge in [0.15, 0.2) is 0 Å². The molecule has 20 heavy (non-hydrogen) atoms. The second kappa shape index (κ2) is 6.73. The number of aryl methyl sites for hydroxylation is 1. The molecule has 2 nitrogen and oxygen atoms in total. The molecule has 0 aliphatic carbocycles. The maximum Gasteiger partial charge on any atom is 0.244 e. The highest BCUT2D eigenvalue weighted by Crippen LogP contribution is 2.18. The van der Waals surface area contributed by atoms with E-state index in [0.717, 1.165) is 10.4 Å². The Bertz CT molecular complexity index is 633. The minimum atomic E-state index is -0.108. The molecule has 104 valence electrons. The van der Waals surface area contributed by atoms with E-state index in [-0.39, 0.29) is 11.9 Å². The smallest absolute Gasteiger partial charge is 0.244 e. The lowest BCUT2D eigenvalue weighted by atomic mass is 10.1. The second-order valence-corrected chi connectivity index (χ2v) is 6.32. The zero-order valence-corrected chi connectivity index (χ0v) is 13.0. The van der Waals surface area contributed by atoms with Gasteiger partial charge in [-0.3, -0.25) is 4.79 Å². The molecule has 0 radical (unpaired) electrons. The molecule has 2 rings (SSSR count). The Balaban J connectivity index is 1.96. The van der Waals surface area contributed by atoms with E-state index in [0.29, 0.717) is 5.02 Å². The second-order valence-electron chi connectivity index (χ2n) is 4.57. The molecule has 0 fully saturated rings. The standard InChI is InChI=1S/C16H16ClNOS/c1-11-6-7-15(20-11)8-9-16(19)18-12(2)13-4-3-5-14(17)10-13/h3-10,12H,1-2H3,(H,18,19)/b9-8+/t12-/m1/s1. The van der Waals surface area contributed by atoms with Crippen LogP contribution in [0.3, 0.4) is 0 Å². The van der Waals surface area contributed by atoms with Crippen molar-refractivity contribution in [3.8, 4) is 0 Å². The van der Waals surface area contributed by atoms with Gasteiger partial charge < -0.3 is 5.32 Å². The predicted molar refractivity (Wildman–Crippen MR) is 86.1 cm³/mol. The Kier molecular flexibility index (Phi) is 4.99. The first-order valence-electron chi connectivity index (χ1n) is 6.35. The van der Waals surface area contributed by atoms with Crippen LogP contribution in [0.2, 0.25) is 5.02 Å². The van der Waals surface area contributed by atoms with Gasteiger partial charge in [0, 0.05) is 20.9 Å². The summed E-state index contributed by atoms with van der Waals surface area (Å²) in [5.41, 5.74) is 0.992. The lowest BCUT2D eigenvalue weighted by molar-refractivity contribution is -0.117. The molecule has 0 bridgehead atoms. The summed E-state index contributed by atoms with van der Waals surface area (Å²) < 4.78 is 0. The first-order chi connectivity index (χ1) is 9.54. The topological polar surface area (TPSA) is 29.1 Å². The number of amides is 1. The molecule has 1 aromatic heterocycles. The molecule has 1 heterocycles. The zero-order valence-electron chi connectivity index (χ0n) is 11.4. The summed E-state index contributed by atoms with van der Waals surface area (Å²) >= 11 is 7.61. The minimum Gasteiger partial charge on any atom is -0.346 e. The number of hydrogen-bond donors (Lipinski definition) is 1. The Morgan fingerprint density at radius 1 is 1.35 bits per heavy atom. The largest absolute Gasteiger partial charge is 0.346 e. The molecule has 0 saturated heterocycles. The number of nitrogens with one attached hydrogen (secondary N) is 1. The minimum absolute atomic E-state index is 0.0732. The monoisotopic (exact) mass is 305 g/mol. The fraction of sp³-hybridized carbons (Fsp3) is 0.188. The molecule has 1 atom stereocenters. The van der Waals surface area contributed by atoms with Gasteiger partial charge in [0.1, 0.15) is 0 Å². The number of rotatable bonds is 4. The van der Waals surface area contributed by atoms with Crippen molar-refractivity contribution in [2.45, 2.75) is 19.9 Å². The van der Waals surface area contributed by atoms with Crippen LogP contribution in [0.4, 0.5) is 0 Å². The summed E-state index contributed by atoms with van der Waals surface area (Å²) in [5.74, 6) is -0.108. The van der Waals surface area contributed by atoms with Gasteiger partial charge in [-0.25, -0.2) is 0 Å². The zero-order chi connectivity index (χ0) is 14.5. The maximum atomic E-state index is 11.9. The van der Waals surface area contributed by atoms with E-state index < -0.39 is 0 Å². The molecule has 0 unspecified atom stereocenters. The first kappa shape index (κ1) is 14.8.